The molecule has 118 valence electrons. The van der Waals surface area contributed by atoms with E-state index in [2.05, 4.69) is 28.2 Å². The minimum absolute atomic E-state index is 0.0463. The molecule has 2 aliphatic rings. The summed E-state index contributed by atoms with van der Waals surface area (Å²) in [6, 6.07) is 7.47. The molecule has 1 aliphatic carbocycles. The first-order valence-corrected chi connectivity index (χ1v) is 8.72. The van der Waals surface area contributed by atoms with Crippen LogP contribution < -0.4 is 5.32 Å². The molecular formula is C17H21BrN2O2. The molecule has 1 saturated carbocycles. The zero-order valence-corrected chi connectivity index (χ0v) is 14.4. The van der Waals surface area contributed by atoms with Gasteiger partial charge >= 0.3 is 6.03 Å². The molecule has 0 atom stereocenters. The Morgan fingerprint density at radius 2 is 1.86 bits per heavy atom. The average Bonchev–Trinajstić information content (AvgIpc) is 2.75. The number of hydrogen-bond donors (Lipinski definition) is 1. The number of nitrogens with one attached hydrogen (secondary N) is 1. The lowest BCUT2D eigenvalue weighted by Gasteiger charge is -2.34. The van der Waals surface area contributed by atoms with Crippen molar-refractivity contribution in [1.82, 2.24) is 10.2 Å². The van der Waals surface area contributed by atoms with Crippen molar-refractivity contribution < 1.29 is 9.59 Å². The second-order valence-electron chi connectivity index (χ2n) is 6.38. The summed E-state index contributed by atoms with van der Waals surface area (Å²) in [5.74, 6) is 0.644. The van der Waals surface area contributed by atoms with Crippen LogP contribution in [-0.2, 0) is 11.3 Å². The van der Waals surface area contributed by atoms with Crippen LogP contribution in [0.2, 0.25) is 0 Å². The summed E-state index contributed by atoms with van der Waals surface area (Å²) in [7, 11) is 0. The summed E-state index contributed by atoms with van der Waals surface area (Å²) < 4.78 is 0.989. The second-order valence-corrected chi connectivity index (χ2v) is 7.30. The summed E-state index contributed by atoms with van der Waals surface area (Å²) in [5, 5.41) is 2.97. The molecule has 0 bridgehead atoms. The first kappa shape index (κ1) is 15.5. The number of rotatable bonds is 3. The van der Waals surface area contributed by atoms with Gasteiger partial charge < -0.3 is 5.32 Å². The number of carbonyl (C=O) groups is 2. The van der Waals surface area contributed by atoms with Gasteiger partial charge in [0.05, 0.1) is 6.54 Å². The highest BCUT2D eigenvalue weighted by Gasteiger charge is 2.52. The Balaban J connectivity index is 1.73. The van der Waals surface area contributed by atoms with Crippen molar-refractivity contribution >= 4 is 27.9 Å². The van der Waals surface area contributed by atoms with Gasteiger partial charge in [0, 0.05) is 4.47 Å². The third kappa shape index (κ3) is 2.78. The van der Waals surface area contributed by atoms with E-state index in [1.807, 2.05) is 24.3 Å². The minimum Gasteiger partial charge on any atom is -0.323 e. The average molecular weight is 365 g/mol. The van der Waals surface area contributed by atoms with E-state index in [4.69, 9.17) is 0 Å². The summed E-state index contributed by atoms with van der Waals surface area (Å²) in [6.07, 6.45) is 4.74. The van der Waals surface area contributed by atoms with E-state index < -0.39 is 5.54 Å². The van der Waals surface area contributed by atoms with Crippen molar-refractivity contribution in [2.45, 2.75) is 51.1 Å². The number of imide groups is 1. The molecular weight excluding hydrogens is 344 g/mol. The molecule has 3 rings (SSSR count). The molecule has 1 aliphatic heterocycles. The van der Waals surface area contributed by atoms with Gasteiger partial charge in [-0.15, -0.1) is 0 Å². The summed E-state index contributed by atoms with van der Waals surface area (Å²) in [5.41, 5.74) is 0.323. The Hall–Kier alpha value is -1.36. The monoisotopic (exact) mass is 364 g/mol. The molecule has 3 amide bonds. The predicted molar refractivity (Wildman–Crippen MR) is 88.2 cm³/mol. The van der Waals surface area contributed by atoms with E-state index >= 15 is 0 Å². The van der Waals surface area contributed by atoms with Crippen molar-refractivity contribution in [3.8, 4) is 0 Å². The minimum atomic E-state index is -0.641. The van der Waals surface area contributed by atoms with Crippen LogP contribution in [0.3, 0.4) is 0 Å². The number of halogens is 1. The normalized spacial score (nSPS) is 28.3. The van der Waals surface area contributed by atoms with Crippen LogP contribution in [0.25, 0.3) is 0 Å². The van der Waals surface area contributed by atoms with Gasteiger partial charge in [0.25, 0.3) is 5.91 Å². The lowest BCUT2D eigenvalue weighted by atomic mass is 9.75. The number of amides is 3. The third-order valence-corrected chi connectivity index (χ3v) is 5.56. The standard InChI is InChI=1S/C17H21BrN2O2/c1-2-12-7-9-17(10-8-12)15(21)20(16(22)19-17)11-13-3-5-14(18)6-4-13/h3-6,12H,2,7-11H2,1H3,(H,19,22). The van der Waals surface area contributed by atoms with Gasteiger partial charge in [-0.1, -0.05) is 41.4 Å². The molecule has 1 heterocycles. The lowest BCUT2D eigenvalue weighted by molar-refractivity contribution is -0.133. The second kappa shape index (κ2) is 6.03. The first-order valence-electron chi connectivity index (χ1n) is 7.92. The molecule has 0 unspecified atom stereocenters. The number of carbonyl (C=O) groups excluding carboxylic acids is 2. The molecule has 1 N–H and O–H groups in total. The van der Waals surface area contributed by atoms with Gasteiger partial charge in [-0.2, -0.15) is 0 Å². The maximum atomic E-state index is 12.8. The van der Waals surface area contributed by atoms with Gasteiger partial charge in [0.1, 0.15) is 5.54 Å². The molecule has 1 aromatic rings. The van der Waals surface area contributed by atoms with Gasteiger partial charge in [-0.05, 0) is 49.3 Å². The Kier molecular flexibility index (Phi) is 4.26. The van der Waals surface area contributed by atoms with Crippen LogP contribution in [-0.4, -0.2) is 22.4 Å². The van der Waals surface area contributed by atoms with Crippen LogP contribution >= 0.6 is 15.9 Å². The van der Waals surface area contributed by atoms with E-state index in [1.165, 1.54) is 4.90 Å². The highest BCUT2D eigenvalue weighted by atomic mass is 79.9. The van der Waals surface area contributed by atoms with E-state index in [9.17, 15) is 9.59 Å². The van der Waals surface area contributed by atoms with E-state index in [0.29, 0.717) is 12.5 Å². The molecule has 0 aromatic heterocycles. The smallest absolute Gasteiger partial charge is 0.323 e. The molecule has 1 aromatic carbocycles. The van der Waals surface area contributed by atoms with Crippen LogP contribution in [0, 0.1) is 5.92 Å². The predicted octanol–water partition coefficient (Wildman–Crippen LogP) is 3.84. The van der Waals surface area contributed by atoms with Crippen molar-refractivity contribution in [2.75, 3.05) is 0 Å². The molecule has 1 spiro atoms. The third-order valence-electron chi connectivity index (χ3n) is 5.04. The molecule has 1 saturated heterocycles. The van der Waals surface area contributed by atoms with Crippen LogP contribution in [0.1, 0.15) is 44.6 Å². The maximum Gasteiger partial charge on any atom is 0.325 e. The maximum absolute atomic E-state index is 12.8. The van der Waals surface area contributed by atoms with Gasteiger partial charge in [0.15, 0.2) is 0 Å². The van der Waals surface area contributed by atoms with Gasteiger partial charge in [-0.3, -0.25) is 9.69 Å². The first-order chi connectivity index (χ1) is 10.5. The van der Waals surface area contributed by atoms with Crippen LogP contribution in [0.4, 0.5) is 4.79 Å². The van der Waals surface area contributed by atoms with E-state index in [-0.39, 0.29) is 11.9 Å². The fourth-order valence-electron chi connectivity index (χ4n) is 3.51. The summed E-state index contributed by atoms with van der Waals surface area (Å²) in [6.45, 7) is 2.54. The Labute approximate surface area is 139 Å². The van der Waals surface area contributed by atoms with Crippen molar-refractivity contribution in [3.63, 3.8) is 0 Å². The highest BCUT2D eigenvalue weighted by Crippen LogP contribution is 2.38. The molecule has 2 fully saturated rings. The molecule has 0 radical (unpaired) electrons. The Morgan fingerprint density at radius 3 is 2.45 bits per heavy atom. The Bertz CT molecular complexity index is 577. The fourth-order valence-corrected chi connectivity index (χ4v) is 3.77. The molecule has 5 heteroatoms. The van der Waals surface area contributed by atoms with Gasteiger partial charge in [-0.25, -0.2) is 4.79 Å². The summed E-state index contributed by atoms with van der Waals surface area (Å²) >= 11 is 3.39. The summed E-state index contributed by atoms with van der Waals surface area (Å²) in [4.78, 5) is 26.4. The number of urea groups is 1. The topological polar surface area (TPSA) is 49.4 Å². The highest BCUT2D eigenvalue weighted by molar-refractivity contribution is 9.10. The largest absolute Gasteiger partial charge is 0.325 e. The van der Waals surface area contributed by atoms with Crippen molar-refractivity contribution in [3.05, 3.63) is 34.3 Å². The van der Waals surface area contributed by atoms with Crippen LogP contribution in [0.15, 0.2) is 28.7 Å². The van der Waals surface area contributed by atoms with Crippen molar-refractivity contribution in [1.29, 1.82) is 0 Å². The van der Waals surface area contributed by atoms with Crippen LogP contribution in [0.5, 0.6) is 0 Å². The zero-order chi connectivity index (χ0) is 15.7. The van der Waals surface area contributed by atoms with Gasteiger partial charge in [0.2, 0.25) is 0 Å². The Morgan fingerprint density at radius 1 is 1.23 bits per heavy atom. The fraction of sp³-hybridized carbons (Fsp3) is 0.529. The lowest BCUT2D eigenvalue weighted by Crippen LogP contribution is -2.49. The zero-order valence-electron chi connectivity index (χ0n) is 12.8. The number of hydrogen-bond acceptors (Lipinski definition) is 2. The SMILES string of the molecule is CCC1CCC2(CC1)NC(=O)N(Cc1ccc(Br)cc1)C2=O. The molecule has 22 heavy (non-hydrogen) atoms. The number of nitrogens with zero attached hydrogens (tertiary/aromatic N) is 1. The molecule has 4 nitrogen and oxygen atoms in total. The quantitative estimate of drug-likeness (QED) is 0.828. The van der Waals surface area contributed by atoms with Crippen molar-refractivity contribution in [2.24, 2.45) is 5.92 Å². The number of benzene rings is 1. The van der Waals surface area contributed by atoms with E-state index in [1.54, 1.807) is 0 Å². The van der Waals surface area contributed by atoms with E-state index in [0.717, 1.165) is 42.1 Å².